The highest BCUT2D eigenvalue weighted by molar-refractivity contribution is 6.08. The molecule has 0 radical (unpaired) electrons. The van der Waals surface area contributed by atoms with E-state index in [4.69, 9.17) is 0 Å². The van der Waals surface area contributed by atoms with Gasteiger partial charge in [-0.25, -0.2) is 4.79 Å². The van der Waals surface area contributed by atoms with Crippen molar-refractivity contribution >= 4 is 17.8 Å². The Bertz CT molecular complexity index is 625. The van der Waals surface area contributed by atoms with Crippen molar-refractivity contribution < 1.29 is 14.4 Å². The average molecular weight is 319 g/mol. The summed E-state index contributed by atoms with van der Waals surface area (Å²) < 4.78 is 1.86. The number of rotatable bonds is 3. The van der Waals surface area contributed by atoms with Crippen LogP contribution in [0.15, 0.2) is 18.5 Å². The number of hydrogen-bond donors (Lipinski definition) is 1. The van der Waals surface area contributed by atoms with Crippen molar-refractivity contribution in [1.29, 1.82) is 0 Å². The Morgan fingerprint density at radius 3 is 2.83 bits per heavy atom. The highest BCUT2D eigenvalue weighted by Gasteiger charge is 2.45. The summed E-state index contributed by atoms with van der Waals surface area (Å²) in [5, 5.41) is 6.82. The molecule has 0 saturated carbocycles. The quantitative estimate of drug-likeness (QED) is 0.816. The van der Waals surface area contributed by atoms with E-state index in [-0.39, 0.29) is 24.4 Å². The van der Waals surface area contributed by atoms with Crippen molar-refractivity contribution in [1.82, 2.24) is 24.9 Å². The Morgan fingerprint density at radius 1 is 1.43 bits per heavy atom. The van der Waals surface area contributed by atoms with Crippen LogP contribution < -0.4 is 5.32 Å². The first-order chi connectivity index (χ1) is 10.9. The van der Waals surface area contributed by atoms with E-state index in [1.807, 2.05) is 16.9 Å². The molecule has 1 N–H and O–H groups in total. The van der Waals surface area contributed by atoms with Gasteiger partial charge < -0.3 is 10.2 Å². The van der Waals surface area contributed by atoms with Crippen molar-refractivity contribution in [3.63, 3.8) is 0 Å². The summed E-state index contributed by atoms with van der Waals surface area (Å²) in [7, 11) is 0. The summed E-state index contributed by atoms with van der Waals surface area (Å²) in [6.07, 6.45) is 5.44. The highest BCUT2D eigenvalue weighted by atomic mass is 16.2. The van der Waals surface area contributed by atoms with E-state index in [1.54, 1.807) is 24.9 Å². The Labute approximate surface area is 134 Å². The third-order valence-corrected chi connectivity index (χ3v) is 4.39. The van der Waals surface area contributed by atoms with Crippen LogP contribution in [0.4, 0.5) is 4.79 Å². The molecule has 3 heterocycles. The molecule has 3 rings (SSSR count). The smallest absolute Gasteiger partial charge is 0.325 e. The Hall–Kier alpha value is -2.38. The molecule has 0 unspecified atom stereocenters. The van der Waals surface area contributed by atoms with Gasteiger partial charge in [0, 0.05) is 25.5 Å². The van der Waals surface area contributed by atoms with Crippen LogP contribution >= 0.6 is 0 Å². The molecule has 4 amide bonds. The number of piperidine rings is 1. The van der Waals surface area contributed by atoms with Crippen molar-refractivity contribution in [3.8, 4) is 0 Å². The molecule has 2 aliphatic rings. The minimum Gasteiger partial charge on any atom is -0.339 e. The second-order valence-electron chi connectivity index (χ2n) is 6.57. The molecule has 0 spiro atoms. The normalized spacial score (nSPS) is 24.0. The van der Waals surface area contributed by atoms with E-state index >= 15 is 0 Å². The summed E-state index contributed by atoms with van der Waals surface area (Å²) in [6.45, 7) is 4.25. The molecule has 124 valence electrons. The van der Waals surface area contributed by atoms with E-state index < -0.39 is 11.6 Å². The number of likely N-dealkylation sites (tertiary alicyclic amines) is 1. The monoisotopic (exact) mass is 319 g/mol. The molecule has 1 atom stereocenters. The number of nitrogens with zero attached hydrogens (tertiary/aromatic N) is 4. The number of imide groups is 1. The molecule has 1 aromatic heterocycles. The van der Waals surface area contributed by atoms with Crippen LogP contribution in [0.3, 0.4) is 0 Å². The van der Waals surface area contributed by atoms with Crippen LogP contribution in [0.5, 0.6) is 0 Å². The summed E-state index contributed by atoms with van der Waals surface area (Å²) in [5.41, 5.74) is -0.948. The first kappa shape index (κ1) is 15.5. The van der Waals surface area contributed by atoms with Gasteiger partial charge in [0.05, 0.1) is 6.04 Å². The summed E-state index contributed by atoms with van der Waals surface area (Å²) >= 11 is 0. The fourth-order valence-corrected chi connectivity index (χ4v) is 3.09. The van der Waals surface area contributed by atoms with E-state index in [2.05, 4.69) is 10.4 Å². The standard InChI is InChI=1S/C15H21N5O3/c1-15(2)13(22)19(14(23)17-15)10-12(21)18-7-3-5-11(9-18)20-8-4-6-16-20/h4,6,8,11H,3,5,7,9-10H2,1-2H3,(H,17,23)/t11-/m1/s1. The predicted octanol–water partition coefficient (Wildman–Crippen LogP) is 0.377. The molecule has 2 saturated heterocycles. The van der Waals surface area contributed by atoms with Gasteiger partial charge in [-0.15, -0.1) is 0 Å². The molecule has 0 aromatic carbocycles. The summed E-state index contributed by atoms with van der Waals surface area (Å²) in [5.74, 6) is -0.570. The van der Waals surface area contributed by atoms with Gasteiger partial charge in [0.15, 0.2) is 0 Å². The van der Waals surface area contributed by atoms with Crippen LogP contribution in [0.25, 0.3) is 0 Å². The summed E-state index contributed by atoms with van der Waals surface area (Å²) in [4.78, 5) is 39.2. The maximum atomic E-state index is 12.5. The number of urea groups is 1. The Morgan fingerprint density at radius 2 is 2.22 bits per heavy atom. The molecule has 23 heavy (non-hydrogen) atoms. The van der Waals surface area contributed by atoms with Gasteiger partial charge in [0.25, 0.3) is 5.91 Å². The summed E-state index contributed by atoms with van der Waals surface area (Å²) in [6, 6.07) is 1.49. The number of carbonyl (C=O) groups is 3. The number of nitrogens with one attached hydrogen (secondary N) is 1. The van der Waals surface area contributed by atoms with Crippen molar-refractivity contribution in [2.75, 3.05) is 19.6 Å². The van der Waals surface area contributed by atoms with Gasteiger partial charge in [-0.2, -0.15) is 5.10 Å². The van der Waals surface area contributed by atoms with E-state index in [1.165, 1.54) is 0 Å². The first-order valence-electron chi connectivity index (χ1n) is 7.79. The molecular weight excluding hydrogens is 298 g/mol. The topological polar surface area (TPSA) is 87.5 Å². The van der Waals surface area contributed by atoms with Crippen LogP contribution in [-0.4, -0.2) is 62.6 Å². The Balaban J connectivity index is 1.64. The van der Waals surface area contributed by atoms with Crippen LogP contribution in [0, 0.1) is 0 Å². The number of aromatic nitrogens is 2. The third kappa shape index (κ3) is 2.93. The molecular formula is C15H21N5O3. The third-order valence-electron chi connectivity index (χ3n) is 4.39. The van der Waals surface area contributed by atoms with Gasteiger partial charge in [0.1, 0.15) is 12.1 Å². The minimum absolute atomic E-state index is 0.141. The molecule has 8 heteroatoms. The van der Waals surface area contributed by atoms with E-state index in [0.717, 1.165) is 17.7 Å². The zero-order chi connectivity index (χ0) is 16.6. The lowest BCUT2D eigenvalue weighted by atomic mass is 10.1. The average Bonchev–Trinajstić information content (AvgIpc) is 3.11. The molecule has 0 aliphatic carbocycles. The number of amides is 4. The molecule has 2 fully saturated rings. The molecule has 8 nitrogen and oxygen atoms in total. The molecule has 2 aliphatic heterocycles. The largest absolute Gasteiger partial charge is 0.339 e. The predicted molar refractivity (Wildman–Crippen MR) is 81.4 cm³/mol. The Kier molecular flexibility index (Phi) is 3.83. The fourth-order valence-electron chi connectivity index (χ4n) is 3.09. The van der Waals surface area contributed by atoms with Gasteiger partial charge in [-0.1, -0.05) is 0 Å². The first-order valence-corrected chi connectivity index (χ1v) is 7.79. The van der Waals surface area contributed by atoms with Crippen LogP contribution in [-0.2, 0) is 9.59 Å². The second kappa shape index (κ2) is 5.68. The lowest BCUT2D eigenvalue weighted by molar-refractivity contribution is -0.139. The zero-order valence-corrected chi connectivity index (χ0v) is 13.4. The van der Waals surface area contributed by atoms with E-state index in [9.17, 15) is 14.4 Å². The number of hydrogen-bond acceptors (Lipinski definition) is 4. The highest BCUT2D eigenvalue weighted by Crippen LogP contribution is 2.22. The lowest BCUT2D eigenvalue weighted by Gasteiger charge is -2.33. The van der Waals surface area contributed by atoms with Gasteiger partial charge in [-0.3, -0.25) is 19.2 Å². The minimum atomic E-state index is -0.948. The van der Waals surface area contributed by atoms with Crippen molar-refractivity contribution in [2.45, 2.75) is 38.3 Å². The van der Waals surface area contributed by atoms with Crippen molar-refractivity contribution in [3.05, 3.63) is 18.5 Å². The SMILES string of the molecule is CC1(C)NC(=O)N(CC(=O)N2CCC[C@@H](n3cccn3)C2)C1=O. The lowest BCUT2D eigenvalue weighted by Crippen LogP contribution is -2.47. The van der Waals surface area contributed by atoms with Crippen LogP contribution in [0.1, 0.15) is 32.7 Å². The zero-order valence-electron chi connectivity index (χ0n) is 13.4. The number of carbonyl (C=O) groups excluding carboxylic acids is 3. The van der Waals surface area contributed by atoms with Gasteiger partial charge >= 0.3 is 6.03 Å². The van der Waals surface area contributed by atoms with E-state index in [0.29, 0.717) is 13.1 Å². The molecule has 0 bridgehead atoms. The second-order valence-corrected chi connectivity index (χ2v) is 6.57. The van der Waals surface area contributed by atoms with Crippen molar-refractivity contribution in [2.24, 2.45) is 0 Å². The van der Waals surface area contributed by atoms with Crippen LogP contribution in [0.2, 0.25) is 0 Å². The van der Waals surface area contributed by atoms with Gasteiger partial charge in [-0.05, 0) is 32.8 Å². The fraction of sp³-hybridized carbons (Fsp3) is 0.600. The van der Waals surface area contributed by atoms with Gasteiger partial charge in [0.2, 0.25) is 5.91 Å². The maximum Gasteiger partial charge on any atom is 0.325 e. The molecule has 1 aromatic rings. The maximum absolute atomic E-state index is 12.5.